The fourth-order valence-corrected chi connectivity index (χ4v) is 4.23. The third-order valence-corrected chi connectivity index (χ3v) is 5.97. The zero-order valence-corrected chi connectivity index (χ0v) is 17.9. The van der Waals surface area contributed by atoms with Crippen molar-refractivity contribution < 1.29 is 14.3 Å². The third kappa shape index (κ3) is 4.27. The molecule has 0 bridgehead atoms. The van der Waals surface area contributed by atoms with Crippen LogP contribution in [0.25, 0.3) is 22.4 Å². The summed E-state index contributed by atoms with van der Waals surface area (Å²) < 4.78 is 10.8. The molecule has 0 spiro atoms. The van der Waals surface area contributed by atoms with Crippen LogP contribution in [0, 0.1) is 12.8 Å². The summed E-state index contributed by atoms with van der Waals surface area (Å²) in [5, 5.41) is 3.12. The third-order valence-electron chi connectivity index (χ3n) is 5.97. The minimum absolute atomic E-state index is 0.0984. The standard InChI is InChI=1S/C24H29N3O3/c1-15-9-10-17(12-18(15)25-23(28)11-16-7-5-4-6-8-16)24-26-19-13-21(29-2)22(30-3)14-20(19)27-24/h9-10,12-14,16H,4-8,11H2,1-3H3,(H,25,28)(H,26,27). The molecule has 1 heterocycles. The Bertz CT molecular complexity index is 1010. The number of aromatic amines is 1. The van der Waals surface area contributed by atoms with E-state index in [1.807, 2.05) is 37.3 Å². The molecule has 2 N–H and O–H groups in total. The average Bonchev–Trinajstić information content (AvgIpc) is 3.17. The van der Waals surface area contributed by atoms with E-state index in [1.54, 1.807) is 14.2 Å². The monoisotopic (exact) mass is 407 g/mol. The maximum atomic E-state index is 12.6. The highest BCUT2D eigenvalue weighted by atomic mass is 16.5. The molecule has 0 radical (unpaired) electrons. The highest BCUT2D eigenvalue weighted by Crippen LogP contribution is 2.33. The minimum atomic E-state index is 0.0984. The predicted molar refractivity (Wildman–Crippen MR) is 119 cm³/mol. The number of ether oxygens (including phenoxy) is 2. The molecule has 1 amide bonds. The molecule has 6 heteroatoms. The molecule has 3 aromatic rings. The van der Waals surface area contributed by atoms with E-state index < -0.39 is 0 Å². The Morgan fingerprint density at radius 1 is 1.10 bits per heavy atom. The van der Waals surface area contributed by atoms with Gasteiger partial charge in [0.1, 0.15) is 5.82 Å². The van der Waals surface area contributed by atoms with Crippen LogP contribution < -0.4 is 14.8 Å². The van der Waals surface area contributed by atoms with Crippen LogP contribution in [0.5, 0.6) is 11.5 Å². The maximum absolute atomic E-state index is 12.6. The Labute approximate surface area is 177 Å². The minimum Gasteiger partial charge on any atom is -0.493 e. The lowest BCUT2D eigenvalue weighted by Crippen LogP contribution is -2.18. The van der Waals surface area contributed by atoms with Gasteiger partial charge in [0.05, 0.1) is 25.3 Å². The van der Waals surface area contributed by atoms with Gasteiger partial charge in [0.25, 0.3) is 0 Å². The molecule has 0 saturated heterocycles. The molecule has 1 aromatic heterocycles. The molecule has 30 heavy (non-hydrogen) atoms. The second kappa shape index (κ2) is 8.78. The van der Waals surface area contributed by atoms with Gasteiger partial charge in [0, 0.05) is 29.8 Å². The van der Waals surface area contributed by atoms with Gasteiger partial charge in [0.2, 0.25) is 5.91 Å². The second-order valence-electron chi connectivity index (χ2n) is 8.10. The summed E-state index contributed by atoms with van der Waals surface area (Å²) in [5.41, 5.74) is 4.46. The molecule has 0 unspecified atom stereocenters. The number of rotatable bonds is 6. The number of amides is 1. The zero-order chi connectivity index (χ0) is 21.1. The van der Waals surface area contributed by atoms with Crippen molar-refractivity contribution in [1.29, 1.82) is 0 Å². The fourth-order valence-electron chi connectivity index (χ4n) is 4.23. The number of nitrogens with one attached hydrogen (secondary N) is 2. The summed E-state index contributed by atoms with van der Waals surface area (Å²) in [6.07, 6.45) is 6.72. The lowest BCUT2D eigenvalue weighted by molar-refractivity contribution is -0.117. The molecule has 1 saturated carbocycles. The van der Waals surface area contributed by atoms with Gasteiger partial charge >= 0.3 is 0 Å². The van der Waals surface area contributed by atoms with Gasteiger partial charge in [-0.15, -0.1) is 0 Å². The topological polar surface area (TPSA) is 76.2 Å². The van der Waals surface area contributed by atoms with E-state index in [-0.39, 0.29) is 5.91 Å². The van der Waals surface area contributed by atoms with Crippen molar-refractivity contribution in [2.24, 2.45) is 5.92 Å². The summed E-state index contributed by atoms with van der Waals surface area (Å²) >= 11 is 0. The number of benzene rings is 2. The first kappa shape index (κ1) is 20.3. The number of aryl methyl sites for hydroxylation is 1. The lowest BCUT2D eigenvalue weighted by atomic mass is 9.87. The van der Waals surface area contributed by atoms with E-state index in [0.29, 0.717) is 23.8 Å². The van der Waals surface area contributed by atoms with E-state index in [0.717, 1.165) is 33.7 Å². The number of carbonyl (C=O) groups excluding carboxylic acids is 1. The normalized spacial score (nSPS) is 14.6. The summed E-state index contributed by atoms with van der Waals surface area (Å²) in [4.78, 5) is 20.7. The van der Waals surface area contributed by atoms with Gasteiger partial charge in [-0.2, -0.15) is 0 Å². The number of hydrogen-bond acceptors (Lipinski definition) is 4. The van der Waals surface area contributed by atoms with Crippen molar-refractivity contribution >= 4 is 22.6 Å². The molecule has 0 atom stereocenters. The molecule has 1 fully saturated rings. The Balaban J connectivity index is 1.57. The first-order valence-corrected chi connectivity index (χ1v) is 10.6. The number of anilines is 1. The van der Waals surface area contributed by atoms with Crippen molar-refractivity contribution in [2.45, 2.75) is 45.4 Å². The van der Waals surface area contributed by atoms with Gasteiger partial charge in [0.15, 0.2) is 11.5 Å². The van der Waals surface area contributed by atoms with E-state index in [1.165, 1.54) is 32.1 Å². The number of nitrogens with zero attached hydrogens (tertiary/aromatic N) is 1. The molecule has 6 nitrogen and oxygen atoms in total. The number of methoxy groups -OCH3 is 2. The number of H-pyrrole nitrogens is 1. The van der Waals surface area contributed by atoms with Gasteiger partial charge < -0.3 is 19.8 Å². The van der Waals surface area contributed by atoms with Crippen LogP contribution in [0.2, 0.25) is 0 Å². The highest BCUT2D eigenvalue weighted by molar-refractivity contribution is 5.92. The van der Waals surface area contributed by atoms with Crippen molar-refractivity contribution in [1.82, 2.24) is 9.97 Å². The van der Waals surface area contributed by atoms with Gasteiger partial charge in [-0.3, -0.25) is 4.79 Å². The number of imidazole rings is 1. The molecule has 1 aliphatic carbocycles. The van der Waals surface area contributed by atoms with Crippen molar-refractivity contribution in [2.75, 3.05) is 19.5 Å². The molecule has 0 aliphatic heterocycles. The van der Waals surface area contributed by atoms with Crippen LogP contribution >= 0.6 is 0 Å². The number of carbonyl (C=O) groups is 1. The van der Waals surface area contributed by atoms with Crippen LogP contribution in [0.4, 0.5) is 5.69 Å². The Kier molecular flexibility index (Phi) is 5.93. The van der Waals surface area contributed by atoms with E-state index >= 15 is 0 Å². The van der Waals surface area contributed by atoms with Crippen LogP contribution in [-0.4, -0.2) is 30.1 Å². The van der Waals surface area contributed by atoms with Crippen LogP contribution in [-0.2, 0) is 4.79 Å². The number of hydrogen-bond donors (Lipinski definition) is 2. The van der Waals surface area contributed by atoms with Gasteiger partial charge in [-0.1, -0.05) is 31.4 Å². The van der Waals surface area contributed by atoms with Gasteiger partial charge in [-0.25, -0.2) is 4.98 Å². The van der Waals surface area contributed by atoms with Crippen LogP contribution in [0.15, 0.2) is 30.3 Å². The summed E-state index contributed by atoms with van der Waals surface area (Å²) in [6, 6.07) is 9.75. The zero-order valence-electron chi connectivity index (χ0n) is 17.9. The van der Waals surface area contributed by atoms with Gasteiger partial charge in [-0.05, 0) is 37.3 Å². The fraction of sp³-hybridized carbons (Fsp3) is 0.417. The Morgan fingerprint density at radius 2 is 1.83 bits per heavy atom. The van der Waals surface area contributed by atoms with E-state index in [4.69, 9.17) is 14.5 Å². The van der Waals surface area contributed by atoms with E-state index in [2.05, 4.69) is 10.3 Å². The Hall–Kier alpha value is -3.02. The van der Waals surface area contributed by atoms with Crippen LogP contribution in [0.3, 0.4) is 0 Å². The molecule has 158 valence electrons. The molecule has 2 aromatic carbocycles. The van der Waals surface area contributed by atoms with Crippen LogP contribution in [0.1, 0.15) is 44.1 Å². The quantitative estimate of drug-likeness (QED) is 0.568. The largest absolute Gasteiger partial charge is 0.493 e. The number of aromatic nitrogens is 2. The maximum Gasteiger partial charge on any atom is 0.224 e. The molecular weight excluding hydrogens is 378 g/mol. The smallest absolute Gasteiger partial charge is 0.224 e. The molecule has 1 aliphatic rings. The van der Waals surface area contributed by atoms with Crippen molar-refractivity contribution in [3.05, 3.63) is 35.9 Å². The first-order chi connectivity index (χ1) is 14.6. The SMILES string of the molecule is COc1cc2nc(-c3ccc(C)c(NC(=O)CC4CCCCC4)c3)[nH]c2cc1OC. The average molecular weight is 408 g/mol. The predicted octanol–water partition coefficient (Wildman–Crippen LogP) is 5.46. The second-order valence-corrected chi connectivity index (χ2v) is 8.10. The highest BCUT2D eigenvalue weighted by Gasteiger charge is 2.18. The first-order valence-electron chi connectivity index (χ1n) is 10.6. The number of fused-ring (bicyclic) bond motifs is 1. The van der Waals surface area contributed by atoms with Crippen molar-refractivity contribution in [3.8, 4) is 22.9 Å². The lowest BCUT2D eigenvalue weighted by Gasteiger charge is -2.21. The summed E-state index contributed by atoms with van der Waals surface area (Å²) in [5.74, 6) is 2.65. The molecular formula is C24H29N3O3. The van der Waals surface area contributed by atoms with Crippen molar-refractivity contribution in [3.63, 3.8) is 0 Å². The summed E-state index contributed by atoms with van der Waals surface area (Å²) in [7, 11) is 3.22. The van der Waals surface area contributed by atoms with E-state index in [9.17, 15) is 4.79 Å². The Morgan fingerprint density at radius 3 is 2.57 bits per heavy atom. The summed E-state index contributed by atoms with van der Waals surface area (Å²) in [6.45, 7) is 2.01. The molecule has 4 rings (SSSR count).